The SMILES string of the molecule is Clc1ccc(-c2cc(N3CCC4(CC3)OCCO4)c3ccccc3n2)cc1. The van der Waals surface area contributed by atoms with E-state index in [0.717, 1.165) is 47.7 Å². The lowest BCUT2D eigenvalue weighted by atomic mass is 10.0. The van der Waals surface area contributed by atoms with Crippen LogP contribution in [0.4, 0.5) is 5.69 Å². The Morgan fingerprint density at radius 3 is 2.37 bits per heavy atom. The van der Waals surface area contributed by atoms with E-state index in [0.29, 0.717) is 13.2 Å². The number of fused-ring (bicyclic) bond motifs is 1. The Bertz CT molecular complexity index is 958. The largest absolute Gasteiger partial charge is 0.371 e. The minimum atomic E-state index is -0.363. The van der Waals surface area contributed by atoms with Crippen LogP contribution in [0.2, 0.25) is 5.02 Å². The second-order valence-electron chi connectivity index (χ2n) is 7.15. The molecule has 0 amide bonds. The molecule has 0 radical (unpaired) electrons. The average Bonchev–Trinajstić information content (AvgIpc) is 3.16. The standard InChI is InChI=1S/C22H21ClN2O2/c23-17-7-5-16(6-8-17)20-15-21(18-3-1-2-4-19(18)24-20)25-11-9-22(10-12-25)26-13-14-27-22/h1-8,15H,9-14H2. The van der Waals surface area contributed by atoms with E-state index in [2.05, 4.69) is 29.2 Å². The zero-order chi connectivity index (χ0) is 18.3. The highest BCUT2D eigenvalue weighted by Crippen LogP contribution is 2.37. The van der Waals surface area contributed by atoms with Crippen molar-refractivity contribution in [1.29, 1.82) is 0 Å². The Morgan fingerprint density at radius 1 is 0.926 bits per heavy atom. The van der Waals surface area contributed by atoms with Gasteiger partial charge in [-0.3, -0.25) is 0 Å². The van der Waals surface area contributed by atoms with Crippen molar-refractivity contribution in [2.24, 2.45) is 0 Å². The molecule has 2 aromatic carbocycles. The fourth-order valence-electron chi connectivity index (χ4n) is 4.06. The number of benzene rings is 2. The molecule has 0 bridgehead atoms. The number of para-hydroxylation sites is 1. The Kier molecular flexibility index (Phi) is 4.27. The van der Waals surface area contributed by atoms with Crippen LogP contribution in [0.15, 0.2) is 54.6 Å². The number of hydrogen-bond acceptors (Lipinski definition) is 4. The Morgan fingerprint density at radius 2 is 1.63 bits per heavy atom. The van der Waals surface area contributed by atoms with E-state index in [1.807, 2.05) is 30.3 Å². The number of nitrogens with zero attached hydrogens (tertiary/aromatic N) is 2. The van der Waals surface area contributed by atoms with Gasteiger partial charge in [-0.05, 0) is 24.3 Å². The van der Waals surface area contributed by atoms with Crippen molar-refractivity contribution < 1.29 is 9.47 Å². The summed E-state index contributed by atoms with van der Waals surface area (Å²) in [5.74, 6) is -0.363. The summed E-state index contributed by atoms with van der Waals surface area (Å²) in [6, 6.07) is 18.4. The van der Waals surface area contributed by atoms with Crippen LogP contribution in [-0.4, -0.2) is 37.1 Å². The van der Waals surface area contributed by atoms with Gasteiger partial charge < -0.3 is 14.4 Å². The quantitative estimate of drug-likeness (QED) is 0.633. The summed E-state index contributed by atoms with van der Waals surface area (Å²) in [6.45, 7) is 3.24. The molecule has 0 unspecified atom stereocenters. The molecule has 2 fully saturated rings. The van der Waals surface area contributed by atoms with E-state index in [1.165, 1.54) is 11.1 Å². The van der Waals surface area contributed by atoms with Crippen LogP contribution < -0.4 is 4.90 Å². The molecule has 0 atom stereocenters. The minimum Gasteiger partial charge on any atom is -0.371 e. The highest BCUT2D eigenvalue weighted by atomic mass is 35.5. The summed E-state index contributed by atoms with van der Waals surface area (Å²) in [7, 11) is 0. The number of ether oxygens (including phenoxy) is 2. The number of piperidine rings is 1. The number of pyridine rings is 1. The van der Waals surface area contributed by atoms with Crippen molar-refractivity contribution in [2.75, 3.05) is 31.2 Å². The summed E-state index contributed by atoms with van der Waals surface area (Å²) < 4.78 is 11.8. The summed E-state index contributed by atoms with van der Waals surface area (Å²) in [4.78, 5) is 7.31. The van der Waals surface area contributed by atoms with Crippen molar-refractivity contribution in [2.45, 2.75) is 18.6 Å². The van der Waals surface area contributed by atoms with Crippen LogP contribution in [-0.2, 0) is 9.47 Å². The van der Waals surface area contributed by atoms with E-state index in [1.54, 1.807) is 0 Å². The summed E-state index contributed by atoms with van der Waals surface area (Å²) in [5, 5.41) is 1.91. The van der Waals surface area contributed by atoms with Crippen molar-refractivity contribution >= 4 is 28.2 Å². The lowest BCUT2D eigenvalue weighted by Crippen LogP contribution is -2.45. The predicted octanol–water partition coefficient (Wildman–Crippen LogP) is 4.90. The van der Waals surface area contributed by atoms with Crippen molar-refractivity contribution in [1.82, 2.24) is 4.98 Å². The van der Waals surface area contributed by atoms with Crippen LogP contribution in [0, 0.1) is 0 Å². The van der Waals surface area contributed by atoms with E-state index >= 15 is 0 Å². The second kappa shape index (κ2) is 6.79. The van der Waals surface area contributed by atoms with Crippen LogP contribution in [0.3, 0.4) is 0 Å². The monoisotopic (exact) mass is 380 g/mol. The molecule has 27 heavy (non-hydrogen) atoms. The van der Waals surface area contributed by atoms with Gasteiger partial charge in [0.15, 0.2) is 5.79 Å². The van der Waals surface area contributed by atoms with E-state index < -0.39 is 0 Å². The third kappa shape index (κ3) is 3.18. The molecule has 5 rings (SSSR count). The Balaban J connectivity index is 1.53. The molecular weight excluding hydrogens is 360 g/mol. The predicted molar refractivity (Wildman–Crippen MR) is 108 cm³/mol. The molecule has 3 heterocycles. The summed E-state index contributed by atoms with van der Waals surface area (Å²) >= 11 is 6.05. The molecule has 0 aliphatic carbocycles. The van der Waals surface area contributed by atoms with Gasteiger partial charge in [-0.1, -0.05) is 41.9 Å². The normalized spacial score (nSPS) is 19.1. The number of hydrogen-bond donors (Lipinski definition) is 0. The maximum atomic E-state index is 6.05. The van der Waals surface area contributed by atoms with Crippen LogP contribution in [0.1, 0.15) is 12.8 Å². The van der Waals surface area contributed by atoms with Gasteiger partial charge in [-0.25, -0.2) is 4.98 Å². The molecule has 1 spiro atoms. The second-order valence-corrected chi connectivity index (χ2v) is 7.58. The molecule has 0 N–H and O–H groups in total. The van der Waals surface area contributed by atoms with Crippen molar-refractivity contribution in [3.63, 3.8) is 0 Å². The van der Waals surface area contributed by atoms with Gasteiger partial charge in [0.05, 0.1) is 24.4 Å². The van der Waals surface area contributed by atoms with Gasteiger partial charge in [0.2, 0.25) is 0 Å². The van der Waals surface area contributed by atoms with Gasteiger partial charge in [0.25, 0.3) is 0 Å². The fourth-order valence-corrected chi connectivity index (χ4v) is 4.19. The van der Waals surface area contributed by atoms with E-state index in [-0.39, 0.29) is 5.79 Å². The topological polar surface area (TPSA) is 34.6 Å². The smallest absolute Gasteiger partial charge is 0.171 e. The lowest BCUT2D eigenvalue weighted by molar-refractivity contribution is -0.169. The molecule has 138 valence electrons. The zero-order valence-corrected chi connectivity index (χ0v) is 15.8. The van der Waals surface area contributed by atoms with Gasteiger partial charge in [0, 0.05) is 47.6 Å². The molecule has 0 saturated carbocycles. The third-order valence-electron chi connectivity index (χ3n) is 5.51. The Labute approximate surface area is 163 Å². The van der Waals surface area contributed by atoms with Gasteiger partial charge in [0.1, 0.15) is 0 Å². The zero-order valence-electron chi connectivity index (χ0n) is 15.0. The number of anilines is 1. The Hall–Kier alpha value is -2.14. The van der Waals surface area contributed by atoms with E-state index in [9.17, 15) is 0 Å². The molecule has 2 aliphatic rings. The first kappa shape index (κ1) is 17.0. The lowest BCUT2D eigenvalue weighted by Gasteiger charge is -2.39. The highest BCUT2D eigenvalue weighted by molar-refractivity contribution is 6.30. The summed E-state index contributed by atoms with van der Waals surface area (Å²) in [6.07, 6.45) is 1.78. The fraction of sp³-hybridized carbons (Fsp3) is 0.318. The van der Waals surface area contributed by atoms with Gasteiger partial charge >= 0.3 is 0 Å². The molecule has 5 heteroatoms. The highest BCUT2D eigenvalue weighted by Gasteiger charge is 2.40. The first-order chi connectivity index (χ1) is 13.2. The van der Waals surface area contributed by atoms with Crippen molar-refractivity contribution in [3.05, 3.63) is 59.6 Å². The average molecular weight is 381 g/mol. The molecule has 2 aliphatic heterocycles. The molecule has 4 nitrogen and oxygen atoms in total. The number of aromatic nitrogens is 1. The van der Waals surface area contributed by atoms with Gasteiger partial charge in [-0.2, -0.15) is 0 Å². The van der Waals surface area contributed by atoms with Crippen LogP contribution in [0.5, 0.6) is 0 Å². The first-order valence-electron chi connectivity index (χ1n) is 9.41. The van der Waals surface area contributed by atoms with Gasteiger partial charge in [-0.15, -0.1) is 0 Å². The molecule has 3 aromatic rings. The maximum absolute atomic E-state index is 6.05. The van der Waals surface area contributed by atoms with E-state index in [4.69, 9.17) is 26.1 Å². The third-order valence-corrected chi connectivity index (χ3v) is 5.77. The molecular formula is C22H21ClN2O2. The minimum absolute atomic E-state index is 0.363. The van der Waals surface area contributed by atoms with Crippen LogP contribution in [0.25, 0.3) is 22.2 Å². The number of rotatable bonds is 2. The number of halogens is 1. The molecule has 2 saturated heterocycles. The maximum Gasteiger partial charge on any atom is 0.171 e. The molecule has 1 aromatic heterocycles. The summed E-state index contributed by atoms with van der Waals surface area (Å²) in [5.41, 5.74) is 4.27. The first-order valence-corrected chi connectivity index (χ1v) is 9.79. The van der Waals surface area contributed by atoms with Crippen molar-refractivity contribution in [3.8, 4) is 11.3 Å². The van der Waals surface area contributed by atoms with Crippen LogP contribution >= 0.6 is 11.6 Å².